The summed E-state index contributed by atoms with van der Waals surface area (Å²) in [6, 6.07) is 4.79. The second-order valence-corrected chi connectivity index (χ2v) is 4.41. The van der Waals surface area contributed by atoms with E-state index in [4.69, 9.17) is 10.5 Å². The molecule has 1 aromatic rings. The predicted molar refractivity (Wildman–Crippen MR) is 73.1 cm³/mol. The van der Waals surface area contributed by atoms with E-state index in [2.05, 4.69) is 0 Å². The first-order valence-electron chi connectivity index (χ1n) is 5.76. The van der Waals surface area contributed by atoms with Crippen molar-refractivity contribution >= 4 is 17.5 Å². The monoisotopic (exact) mass is 265 g/mol. The standard InChI is InChI=1S/C13H19N3O3/c1-15(2)12(17)8-16(3)13(18)10-6-5-9(14)7-11(10)19-4/h5-7H,8,14H2,1-4H3. The Hall–Kier alpha value is -2.24. The van der Waals surface area contributed by atoms with Crippen LogP contribution in [0.15, 0.2) is 18.2 Å². The number of hydrogen-bond donors (Lipinski definition) is 1. The summed E-state index contributed by atoms with van der Waals surface area (Å²) in [5, 5.41) is 0. The Bertz CT molecular complexity index is 486. The van der Waals surface area contributed by atoms with Gasteiger partial charge in [-0.25, -0.2) is 0 Å². The SMILES string of the molecule is COc1cc(N)ccc1C(=O)N(C)CC(=O)N(C)C. The van der Waals surface area contributed by atoms with E-state index in [1.54, 1.807) is 39.3 Å². The number of anilines is 1. The third-order valence-electron chi connectivity index (χ3n) is 2.67. The Labute approximate surface area is 112 Å². The number of ether oxygens (including phenoxy) is 1. The molecule has 0 aromatic heterocycles. The molecule has 104 valence electrons. The van der Waals surface area contributed by atoms with Crippen molar-refractivity contribution in [3.63, 3.8) is 0 Å². The smallest absolute Gasteiger partial charge is 0.257 e. The second kappa shape index (κ2) is 6.08. The zero-order valence-electron chi connectivity index (χ0n) is 11.6. The summed E-state index contributed by atoms with van der Waals surface area (Å²) in [5.74, 6) is -0.0357. The van der Waals surface area contributed by atoms with Gasteiger partial charge in [0.2, 0.25) is 5.91 Å². The second-order valence-electron chi connectivity index (χ2n) is 4.41. The first-order valence-corrected chi connectivity index (χ1v) is 5.76. The Balaban J connectivity index is 2.91. The maximum atomic E-state index is 12.2. The minimum absolute atomic E-state index is 0.0133. The molecule has 0 aliphatic carbocycles. The number of hydrogen-bond acceptors (Lipinski definition) is 4. The molecular formula is C13H19N3O3. The molecule has 1 aromatic carbocycles. The highest BCUT2D eigenvalue weighted by Crippen LogP contribution is 2.22. The van der Waals surface area contributed by atoms with Gasteiger partial charge >= 0.3 is 0 Å². The molecule has 0 radical (unpaired) electrons. The van der Waals surface area contributed by atoms with E-state index in [9.17, 15) is 9.59 Å². The molecule has 19 heavy (non-hydrogen) atoms. The molecule has 2 amide bonds. The average Bonchev–Trinajstić information content (AvgIpc) is 2.37. The molecule has 1 rings (SSSR count). The summed E-state index contributed by atoms with van der Waals surface area (Å²) in [6.07, 6.45) is 0. The van der Waals surface area contributed by atoms with E-state index in [0.29, 0.717) is 17.0 Å². The lowest BCUT2D eigenvalue weighted by atomic mass is 10.1. The van der Waals surface area contributed by atoms with Crippen molar-refractivity contribution < 1.29 is 14.3 Å². The van der Waals surface area contributed by atoms with Crippen molar-refractivity contribution in [2.24, 2.45) is 0 Å². The van der Waals surface area contributed by atoms with Gasteiger partial charge in [0.25, 0.3) is 5.91 Å². The number of carbonyl (C=O) groups is 2. The lowest BCUT2D eigenvalue weighted by Gasteiger charge is -2.20. The number of nitrogens with two attached hydrogens (primary N) is 1. The number of carbonyl (C=O) groups excluding carboxylic acids is 2. The minimum Gasteiger partial charge on any atom is -0.496 e. The normalized spacial score (nSPS) is 9.89. The zero-order valence-corrected chi connectivity index (χ0v) is 11.6. The number of nitrogen functional groups attached to an aromatic ring is 1. The summed E-state index contributed by atoms with van der Waals surface area (Å²) in [7, 11) is 6.32. The van der Waals surface area contributed by atoms with Gasteiger partial charge in [-0.1, -0.05) is 0 Å². The first-order chi connectivity index (χ1) is 8.86. The molecule has 0 saturated heterocycles. The highest BCUT2D eigenvalue weighted by atomic mass is 16.5. The Morgan fingerprint density at radius 3 is 2.42 bits per heavy atom. The molecule has 0 unspecified atom stereocenters. The largest absolute Gasteiger partial charge is 0.496 e. The molecule has 0 heterocycles. The van der Waals surface area contributed by atoms with E-state index in [1.807, 2.05) is 0 Å². The van der Waals surface area contributed by atoms with Crippen LogP contribution in [-0.2, 0) is 4.79 Å². The van der Waals surface area contributed by atoms with Crippen LogP contribution < -0.4 is 10.5 Å². The van der Waals surface area contributed by atoms with Gasteiger partial charge in [-0.15, -0.1) is 0 Å². The maximum Gasteiger partial charge on any atom is 0.257 e. The number of methoxy groups -OCH3 is 1. The summed E-state index contributed by atoms with van der Waals surface area (Å²) < 4.78 is 5.13. The molecule has 0 spiro atoms. The lowest BCUT2D eigenvalue weighted by molar-refractivity contribution is -0.129. The van der Waals surface area contributed by atoms with E-state index < -0.39 is 0 Å². The molecule has 2 N–H and O–H groups in total. The molecule has 0 atom stereocenters. The molecular weight excluding hydrogens is 246 g/mol. The number of benzene rings is 1. The molecule has 0 aliphatic heterocycles. The van der Waals surface area contributed by atoms with Crippen molar-refractivity contribution in [1.82, 2.24) is 9.80 Å². The third-order valence-corrected chi connectivity index (χ3v) is 2.67. The first kappa shape index (κ1) is 14.8. The Kier molecular flexibility index (Phi) is 4.74. The van der Waals surface area contributed by atoms with Gasteiger partial charge in [0.15, 0.2) is 0 Å². The summed E-state index contributed by atoms with van der Waals surface area (Å²) in [6.45, 7) is 0.0133. The van der Waals surface area contributed by atoms with Crippen LogP contribution in [0.5, 0.6) is 5.75 Å². The molecule has 0 fully saturated rings. The topological polar surface area (TPSA) is 75.9 Å². The van der Waals surface area contributed by atoms with E-state index >= 15 is 0 Å². The fourth-order valence-corrected chi connectivity index (χ4v) is 1.51. The van der Waals surface area contributed by atoms with Crippen LogP contribution in [0, 0.1) is 0 Å². The van der Waals surface area contributed by atoms with Gasteiger partial charge in [0.05, 0.1) is 19.2 Å². The van der Waals surface area contributed by atoms with Gasteiger partial charge < -0.3 is 20.3 Å². The van der Waals surface area contributed by atoms with Crippen LogP contribution in [0.1, 0.15) is 10.4 Å². The molecule has 0 bridgehead atoms. The number of likely N-dealkylation sites (N-methyl/N-ethyl adjacent to an activating group) is 2. The van der Waals surface area contributed by atoms with Crippen LogP contribution in [0.2, 0.25) is 0 Å². The minimum atomic E-state index is -0.285. The lowest BCUT2D eigenvalue weighted by Crippen LogP contribution is -2.37. The van der Waals surface area contributed by atoms with Crippen molar-refractivity contribution in [3.05, 3.63) is 23.8 Å². The summed E-state index contributed by atoms with van der Waals surface area (Å²) >= 11 is 0. The van der Waals surface area contributed by atoms with Gasteiger partial charge in [-0.3, -0.25) is 9.59 Å². The average molecular weight is 265 g/mol. The highest BCUT2D eigenvalue weighted by molar-refractivity contribution is 5.99. The van der Waals surface area contributed by atoms with E-state index in [1.165, 1.54) is 16.9 Å². The van der Waals surface area contributed by atoms with E-state index in [0.717, 1.165) is 0 Å². The predicted octanol–water partition coefficient (Wildman–Crippen LogP) is 0.438. The number of amides is 2. The summed E-state index contributed by atoms with van der Waals surface area (Å²) in [5.41, 5.74) is 6.53. The van der Waals surface area contributed by atoms with Crippen LogP contribution in [0.3, 0.4) is 0 Å². The third kappa shape index (κ3) is 3.61. The zero-order chi connectivity index (χ0) is 14.6. The molecule has 0 saturated carbocycles. The van der Waals surface area contributed by atoms with Crippen molar-refractivity contribution in [1.29, 1.82) is 0 Å². The molecule has 6 heteroatoms. The van der Waals surface area contributed by atoms with Crippen LogP contribution in [0.4, 0.5) is 5.69 Å². The summed E-state index contributed by atoms with van der Waals surface area (Å²) in [4.78, 5) is 26.6. The van der Waals surface area contributed by atoms with Crippen LogP contribution in [0.25, 0.3) is 0 Å². The fraction of sp³-hybridized carbons (Fsp3) is 0.385. The van der Waals surface area contributed by atoms with Gasteiger partial charge in [0.1, 0.15) is 5.75 Å². The number of rotatable bonds is 4. The highest BCUT2D eigenvalue weighted by Gasteiger charge is 2.19. The van der Waals surface area contributed by atoms with Crippen molar-refractivity contribution in [2.45, 2.75) is 0 Å². The molecule has 0 aliphatic rings. The molecule has 6 nitrogen and oxygen atoms in total. The Morgan fingerprint density at radius 1 is 1.26 bits per heavy atom. The van der Waals surface area contributed by atoms with E-state index in [-0.39, 0.29) is 18.4 Å². The van der Waals surface area contributed by atoms with Crippen LogP contribution in [-0.4, -0.2) is 56.4 Å². The van der Waals surface area contributed by atoms with Crippen LogP contribution >= 0.6 is 0 Å². The quantitative estimate of drug-likeness (QED) is 0.801. The Morgan fingerprint density at radius 2 is 1.89 bits per heavy atom. The number of nitrogens with zero attached hydrogens (tertiary/aromatic N) is 2. The maximum absolute atomic E-state index is 12.2. The van der Waals surface area contributed by atoms with Crippen molar-refractivity contribution in [3.8, 4) is 5.75 Å². The van der Waals surface area contributed by atoms with Gasteiger partial charge in [-0.2, -0.15) is 0 Å². The van der Waals surface area contributed by atoms with Gasteiger partial charge in [-0.05, 0) is 12.1 Å². The fourth-order valence-electron chi connectivity index (χ4n) is 1.51. The van der Waals surface area contributed by atoms with Gasteiger partial charge in [0, 0.05) is 32.9 Å². The van der Waals surface area contributed by atoms with Crippen molar-refractivity contribution in [2.75, 3.05) is 40.5 Å².